The average molecular weight is 407 g/mol. The lowest BCUT2D eigenvalue weighted by Gasteiger charge is -2.13. The Morgan fingerprint density at radius 2 is 1.30 bits per heavy atom. The van der Waals surface area contributed by atoms with Crippen LogP contribution >= 0.6 is 0 Å². The van der Waals surface area contributed by atoms with Gasteiger partial charge in [0, 0.05) is 12.7 Å². The van der Waals surface area contributed by atoms with Gasteiger partial charge in [-0.1, -0.05) is 30.3 Å². The van der Waals surface area contributed by atoms with Gasteiger partial charge in [0.25, 0.3) is 5.91 Å². The fraction of sp³-hybridized carbons (Fsp3) is 0.208. The van der Waals surface area contributed by atoms with E-state index in [0.29, 0.717) is 49.2 Å². The SMILES string of the molecule is COCCOc1ccc(C(=O)Nc2ccccc2OCCOc2ccccc2)cc1. The Labute approximate surface area is 176 Å². The van der Waals surface area contributed by atoms with Crippen molar-refractivity contribution in [3.63, 3.8) is 0 Å². The lowest BCUT2D eigenvalue weighted by Crippen LogP contribution is -2.14. The van der Waals surface area contributed by atoms with E-state index in [1.54, 1.807) is 37.4 Å². The van der Waals surface area contributed by atoms with Crippen LogP contribution in [-0.4, -0.2) is 39.4 Å². The summed E-state index contributed by atoms with van der Waals surface area (Å²) in [5, 5.41) is 2.89. The number of ether oxygens (including phenoxy) is 4. The van der Waals surface area contributed by atoms with Crippen molar-refractivity contribution in [1.29, 1.82) is 0 Å². The van der Waals surface area contributed by atoms with Crippen LogP contribution in [0.25, 0.3) is 0 Å². The maximum absolute atomic E-state index is 12.6. The molecule has 3 aromatic carbocycles. The van der Waals surface area contributed by atoms with E-state index >= 15 is 0 Å². The molecular formula is C24H25NO5. The van der Waals surface area contributed by atoms with E-state index in [1.807, 2.05) is 48.5 Å². The quantitative estimate of drug-likeness (QED) is 0.477. The minimum Gasteiger partial charge on any atom is -0.491 e. The minimum absolute atomic E-state index is 0.227. The maximum Gasteiger partial charge on any atom is 0.255 e. The molecule has 1 amide bonds. The molecule has 30 heavy (non-hydrogen) atoms. The highest BCUT2D eigenvalue weighted by Crippen LogP contribution is 2.24. The molecule has 3 aromatic rings. The zero-order valence-electron chi connectivity index (χ0n) is 16.9. The number of carbonyl (C=O) groups excluding carboxylic acids is 1. The van der Waals surface area contributed by atoms with E-state index in [2.05, 4.69) is 5.32 Å². The highest BCUT2D eigenvalue weighted by atomic mass is 16.5. The van der Waals surface area contributed by atoms with E-state index in [9.17, 15) is 4.79 Å². The summed E-state index contributed by atoms with van der Waals surface area (Å²) in [7, 11) is 1.62. The Morgan fingerprint density at radius 3 is 2.03 bits per heavy atom. The summed E-state index contributed by atoms with van der Waals surface area (Å²) in [6.07, 6.45) is 0. The Kier molecular flexibility index (Phi) is 8.12. The third-order valence-corrected chi connectivity index (χ3v) is 4.16. The lowest BCUT2D eigenvalue weighted by atomic mass is 10.2. The van der Waals surface area contributed by atoms with Gasteiger partial charge in [0.05, 0.1) is 12.3 Å². The molecule has 6 nitrogen and oxygen atoms in total. The fourth-order valence-electron chi connectivity index (χ4n) is 2.66. The molecule has 3 rings (SSSR count). The molecule has 0 aromatic heterocycles. The van der Waals surface area contributed by atoms with Crippen LogP contribution < -0.4 is 19.5 Å². The van der Waals surface area contributed by atoms with Crippen LogP contribution in [0.3, 0.4) is 0 Å². The first-order valence-electron chi connectivity index (χ1n) is 9.69. The average Bonchev–Trinajstić information content (AvgIpc) is 2.79. The molecule has 0 atom stereocenters. The summed E-state index contributed by atoms with van der Waals surface area (Å²) < 4.78 is 21.9. The van der Waals surface area contributed by atoms with Crippen molar-refractivity contribution in [2.45, 2.75) is 0 Å². The number of hydrogen-bond acceptors (Lipinski definition) is 5. The highest BCUT2D eigenvalue weighted by molar-refractivity contribution is 6.05. The first-order chi connectivity index (χ1) is 14.8. The molecule has 0 heterocycles. The molecule has 0 radical (unpaired) electrons. The summed E-state index contributed by atoms with van der Waals surface area (Å²) in [6, 6.07) is 23.8. The van der Waals surface area contributed by atoms with Gasteiger partial charge in [-0.05, 0) is 48.5 Å². The highest BCUT2D eigenvalue weighted by Gasteiger charge is 2.10. The zero-order valence-corrected chi connectivity index (χ0v) is 16.9. The van der Waals surface area contributed by atoms with E-state index in [1.165, 1.54) is 0 Å². The Bertz CT molecular complexity index is 912. The summed E-state index contributed by atoms with van der Waals surface area (Å²) in [5.41, 5.74) is 1.12. The molecule has 0 spiro atoms. The van der Waals surface area contributed by atoms with E-state index in [-0.39, 0.29) is 5.91 Å². The lowest BCUT2D eigenvalue weighted by molar-refractivity contribution is 0.102. The van der Waals surface area contributed by atoms with E-state index < -0.39 is 0 Å². The standard InChI is InChI=1S/C24H25NO5/c1-27-15-16-28-21-13-11-19(12-14-21)24(26)25-22-9-5-6-10-23(22)30-18-17-29-20-7-3-2-4-8-20/h2-14H,15-18H2,1H3,(H,25,26). The predicted octanol–water partition coefficient (Wildman–Crippen LogP) is 4.42. The van der Waals surface area contributed by atoms with Crippen molar-refractivity contribution in [2.75, 3.05) is 38.9 Å². The molecule has 0 fully saturated rings. The fourth-order valence-corrected chi connectivity index (χ4v) is 2.66. The molecule has 0 aliphatic carbocycles. The van der Waals surface area contributed by atoms with Crippen molar-refractivity contribution in [2.24, 2.45) is 0 Å². The molecule has 0 aliphatic heterocycles. The molecule has 0 unspecified atom stereocenters. The molecule has 0 saturated carbocycles. The van der Waals surface area contributed by atoms with Crippen LogP contribution in [0, 0.1) is 0 Å². The molecule has 0 saturated heterocycles. The van der Waals surface area contributed by atoms with Crippen LogP contribution in [0.1, 0.15) is 10.4 Å². The van der Waals surface area contributed by atoms with Gasteiger partial charge in [-0.3, -0.25) is 4.79 Å². The zero-order chi connectivity index (χ0) is 21.0. The van der Waals surface area contributed by atoms with Crippen molar-refractivity contribution < 1.29 is 23.7 Å². The number of hydrogen-bond donors (Lipinski definition) is 1. The van der Waals surface area contributed by atoms with Gasteiger partial charge < -0.3 is 24.3 Å². The third-order valence-electron chi connectivity index (χ3n) is 4.16. The molecule has 0 bridgehead atoms. The summed E-state index contributed by atoms with van der Waals surface area (Å²) in [6.45, 7) is 1.72. The topological polar surface area (TPSA) is 66.0 Å². The second kappa shape index (κ2) is 11.5. The number of para-hydroxylation sites is 3. The number of amides is 1. The van der Waals surface area contributed by atoms with Gasteiger partial charge in [0.2, 0.25) is 0 Å². The third kappa shape index (κ3) is 6.53. The molecular weight excluding hydrogens is 382 g/mol. The summed E-state index contributed by atoms with van der Waals surface area (Å²) in [5.74, 6) is 1.83. The minimum atomic E-state index is -0.227. The van der Waals surface area contributed by atoms with Gasteiger partial charge in [-0.15, -0.1) is 0 Å². The Balaban J connectivity index is 1.52. The number of anilines is 1. The summed E-state index contributed by atoms with van der Waals surface area (Å²) >= 11 is 0. The van der Waals surface area contributed by atoms with E-state index in [0.717, 1.165) is 5.75 Å². The van der Waals surface area contributed by atoms with Crippen LogP contribution in [0.15, 0.2) is 78.9 Å². The van der Waals surface area contributed by atoms with Gasteiger partial charge in [0.1, 0.15) is 37.1 Å². The van der Waals surface area contributed by atoms with Crippen molar-refractivity contribution in [3.8, 4) is 17.2 Å². The van der Waals surface area contributed by atoms with Crippen LogP contribution in [0.4, 0.5) is 5.69 Å². The second-order valence-corrected chi connectivity index (χ2v) is 6.33. The van der Waals surface area contributed by atoms with Crippen LogP contribution in [-0.2, 0) is 4.74 Å². The Morgan fingerprint density at radius 1 is 0.700 bits per heavy atom. The predicted molar refractivity (Wildman–Crippen MR) is 116 cm³/mol. The smallest absolute Gasteiger partial charge is 0.255 e. The first-order valence-corrected chi connectivity index (χ1v) is 9.69. The first kappa shape index (κ1) is 21.2. The monoisotopic (exact) mass is 407 g/mol. The van der Waals surface area contributed by atoms with Gasteiger partial charge in [-0.25, -0.2) is 0 Å². The van der Waals surface area contributed by atoms with E-state index in [4.69, 9.17) is 18.9 Å². The van der Waals surface area contributed by atoms with Gasteiger partial charge in [-0.2, -0.15) is 0 Å². The molecule has 6 heteroatoms. The Hall–Kier alpha value is -3.51. The normalized spacial score (nSPS) is 10.3. The van der Waals surface area contributed by atoms with Crippen molar-refractivity contribution >= 4 is 11.6 Å². The van der Waals surface area contributed by atoms with Crippen LogP contribution in [0.5, 0.6) is 17.2 Å². The van der Waals surface area contributed by atoms with Gasteiger partial charge in [0.15, 0.2) is 0 Å². The number of nitrogens with one attached hydrogen (secondary N) is 1. The number of methoxy groups -OCH3 is 1. The van der Waals surface area contributed by atoms with Crippen molar-refractivity contribution in [3.05, 3.63) is 84.4 Å². The maximum atomic E-state index is 12.6. The molecule has 0 aliphatic rings. The van der Waals surface area contributed by atoms with Crippen molar-refractivity contribution in [1.82, 2.24) is 0 Å². The number of carbonyl (C=O) groups is 1. The number of benzene rings is 3. The largest absolute Gasteiger partial charge is 0.491 e. The second-order valence-electron chi connectivity index (χ2n) is 6.33. The van der Waals surface area contributed by atoms with Crippen LogP contribution in [0.2, 0.25) is 0 Å². The molecule has 156 valence electrons. The van der Waals surface area contributed by atoms with Gasteiger partial charge >= 0.3 is 0 Å². The summed E-state index contributed by atoms with van der Waals surface area (Å²) in [4.78, 5) is 12.6. The number of rotatable bonds is 11. The molecule has 1 N–H and O–H groups in total.